The van der Waals surface area contributed by atoms with Gasteiger partial charge in [-0.25, -0.2) is 8.42 Å². The van der Waals surface area contributed by atoms with Crippen LogP contribution in [0.4, 0.5) is 0 Å². The number of carbonyl (C=O) groups excluding carboxylic acids is 2. The Morgan fingerprint density at radius 2 is 1.55 bits per heavy atom. The molecule has 11 heteroatoms. The summed E-state index contributed by atoms with van der Waals surface area (Å²) in [5.41, 5.74) is 1.74. The molecule has 1 atom stereocenters. The number of morpholine rings is 1. The summed E-state index contributed by atoms with van der Waals surface area (Å²) in [7, 11) is -3.66. The Kier molecular flexibility index (Phi) is 11.5. The van der Waals surface area contributed by atoms with Crippen LogP contribution >= 0.6 is 0 Å². The van der Waals surface area contributed by atoms with Crippen molar-refractivity contribution in [2.24, 2.45) is 0 Å². The highest BCUT2D eigenvalue weighted by Gasteiger charge is 2.31. The first-order valence-corrected chi connectivity index (χ1v) is 15.4. The number of aliphatic hydroxyl groups excluding tert-OH is 1. The molecule has 3 aromatic carbocycles. The van der Waals surface area contributed by atoms with Crippen LogP contribution in [0.25, 0.3) is 0 Å². The lowest BCUT2D eigenvalue weighted by Crippen LogP contribution is -2.51. The predicted octanol–water partition coefficient (Wildman–Crippen LogP) is 2.22. The second-order valence-corrected chi connectivity index (χ2v) is 11.8. The molecule has 0 saturated carbocycles. The fourth-order valence-electron chi connectivity index (χ4n) is 4.61. The first-order valence-electron chi connectivity index (χ1n) is 13.9. The van der Waals surface area contributed by atoms with Crippen LogP contribution in [0.5, 0.6) is 5.75 Å². The van der Waals surface area contributed by atoms with Gasteiger partial charge in [0.05, 0.1) is 18.1 Å². The Balaban J connectivity index is 1.51. The topological polar surface area (TPSA) is 125 Å². The summed E-state index contributed by atoms with van der Waals surface area (Å²) in [5, 5.41) is 12.0. The molecular weight excluding hydrogens is 558 g/mol. The van der Waals surface area contributed by atoms with Crippen LogP contribution in [0.1, 0.15) is 17.5 Å². The molecule has 2 amide bonds. The first-order chi connectivity index (χ1) is 20.4. The SMILES string of the molecule is O=C(NCCCO)C(Cc1ccccc1)N(Cc1ccccc1)C(=O)COc1ccc(S(=O)(=O)N2CCOCC2)cc1. The number of ether oxygens (including phenoxy) is 2. The summed E-state index contributed by atoms with van der Waals surface area (Å²) < 4.78 is 38.3. The minimum atomic E-state index is -3.66. The third kappa shape index (κ3) is 8.62. The number of sulfonamides is 1. The zero-order valence-electron chi connectivity index (χ0n) is 23.4. The quantitative estimate of drug-likeness (QED) is 0.274. The number of hydrogen-bond donors (Lipinski definition) is 2. The average Bonchev–Trinajstić information content (AvgIpc) is 3.03. The lowest BCUT2D eigenvalue weighted by molar-refractivity contribution is -0.142. The fraction of sp³-hybridized carbons (Fsp3) is 0.355. The first kappa shape index (κ1) is 31.2. The monoisotopic (exact) mass is 595 g/mol. The van der Waals surface area contributed by atoms with Crippen molar-refractivity contribution in [1.29, 1.82) is 0 Å². The molecule has 1 heterocycles. The summed E-state index contributed by atoms with van der Waals surface area (Å²) in [6.07, 6.45) is 0.690. The maximum atomic E-state index is 13.7. The van der Waals surface area contributed by atoms with Crippen molar-refractivity contribution in [2.45, 2.75) is 30.3 Å². The molecule has 1 aliphatic rings. The molecule has 0 radical (unpaired) electrons. The Labute approximate surface area is 246 Å². The van der Waals surface area contributed by atoms with E-state index in [-0.39, 0.29) is 37.1 Å². The van der Waals surface area contributed by atoms with E-state index in [0.717, 1.165) is 11.1 Å². The third-order valence-electron chi connectivity index (χ3n) is 6.89. The maximum absolute atomic E-state index is 13.7. The zero-order chi connectivity index (χ0) is 29.8. The van der Waals surface area contributed by atoms with Gasteiger partial charge < -0.3 is 24.8 Å². The summed E-state index contributed by atoms with van der Waals surface area (Å²) in [4.78, 5) is 28.7. The van der Waals surface area contributed by atoms with Crippen molar-refractivity contribution < 1.29 is 32.6 Å². The Hall–Kier alpha value is -3.77. The molecule has 0 spiro atoms. The van der Waals surface area contributed by atoms with Gasteiger partial charge in [-0.3, -0.25) is 9.59 Å². The molecule has 42 heavy (non-hydrogen) atoms. The van der Waals surface area contributed by atoms with Crippen molar-refractivity contribution >= 4 is 21.8 Å². The van der Waals surface area contributed by atoms with E-state index in [9.17, 15) is 23.1 Å². The number of carbonyl (C=O) groups is 2. The predicted molar refractivity (Wildman–Crippen MR) is 157 cm³/mol. The smallest absolute Gasteiger partial charge is 0.261 e. The van der Waals surface area contributed by atoms with Gasteiger partial charge in [0.15, 0.2) is 6.61 Å². The minimum Gasteiger partial charge on any atom is -0.484 e. The van der Waals surface area contributed by atoms with Crippen LogP contribution in [0, 0.1) is 0 Å². The third-order valence-corrected chi connectivity index (χ3v) is 8.81. The number of nitrogens with zero attached hydrogens (tertiary/aromatic N) is 2. The standard InChI is InChI=1S/C31H37N3O7S/c35-19-7-16-32-31(37)29(22-25-8-3-1-4-9-25)34(23-26-10-5-2-6-11-26)30(36)24-41-27-12-14-28(15-13-27)42(38,39)33-17-20-40-21-18-33/h1-6,8-15,29,35H,7,16-24H2,(H,32,37). The molecule has 1 fully saturated rings. The van der Waals surface area contributed by atoms with E-state index < -0.39 is 22.0 Å². The van der Waals surface area contributed by atoms with E-state index in [1.165, 1.54) is 33.5 Å². The van der Waals surface area contributed by atoms with E-state index in [1.54, 1.807) is 0 Å². The van der Waals surface area contributed by atoms with Crippen LogP contribution in [-0.2, 0) is 37.3 Å². The van der Waals surface area contributed by atoms with E-state index in [1.807, 2.05) is 60.7 Å². The highest BCUT2D eigenvalue weighted by molar-refractivity contribution is 7.89. The molecule has 0 bridgehead atoms. The van der Waals surface area contributed by atoms with Crippen LogP contribution in [0.2, 0.25) is 0 Å². The van der Waals surface area contributed by atoms with Gasteiger partial charge in [-0.2, -0.15) is 4.31 Å². The van der Waals surface area contributed by atoms with Gasteiger partial charge in [0, 0.05) is 39.2 Å². The van der Waals surface area contributed by atoms with E-state index in [4.69, 9.17) is 9.47 Å². The molecule has 0 aromatic heterocycles. The Morgan fingerprint density at radius 3 is 2.17 bits per heavy atom. The van der Waals surface area contributed by atoms with Gasteiger partial charge >= 0.3 is 0 Å². The van der Waals surface area contributed by atoms with Gasteiger partial charge in [-0.05, 0) is 41.8 Å². The number of aliphatic hydroxyl groups is 1. The molecule has 4 rings (SSSR count). The lowest BCUT2D eigenvalue weighted by Gasteiger charge is -2.31. The summed E-state index contributed by atoms with van der Waals surface area (Å²) in [6.45, 7) is 1.36. The van der Waals surface area contributed by atoms with Crippen molar-refractivity contribution in [3.63, 3.8) is 0 Å². The molecule has 2 N–H and O–H groups in total. The van der Waals surface area contributed by atoms with E-state index >= 15 is 0 Å². The summed E-state index contributed by atoms with van der Waals surface area (Å²) in [6, 6.07) is 24.0. The van der Waals surface area contributed by atoms with Crippen LogP contribution < -0.4 is 10.1 Å². The molecule has 10 nitrogen and oxygen atoms in total. The number of amides is 2. The van der Waals surface area contributed by atoms with Crippen LogP contribution in [0.3, 0.4) is 0 Å². The normalized spacial score (nSPS) is 14.6. The van der Waals surface area contributed by atoms with Gasteiger partial charge in [0.2, 0.25) is 15.9 Å². The van der Waals surface area contributed by atoms with Gasteiger partial charge in [-0.1, -0.05) is 60.7 Å². The van der Waals surface area contributed by atoms with Crippen molar-refractivity contribution in [2.75, 3.05) is 46.1 Å². The molecular formula is C31H37N3O7S. The number of rotatable bonds is 14. The lowest BCUT2D eigenvalue weighted by atomic mass is 10.0. The Morgan fingerprint density at radius 1 is 0.929 bits per heavy atom. The number of nitrogens with one attached hydrogen (secondary N) is 1. The maximum Gasteiger partial charge on any atom is 0.261 e. The summed E-state index contributed by atoms with van der Waals surface area (Å²) >= 11 is 0. The van der Waals surface area contributed by atoms with Crippen LogP contribution in [-0.4, -0.2) is 86.6 Å². The van der Waals surface area contributed by atoms with Crippen molar-refractivity contribution in [3.8, 4) is 5.75 Å². The molecule has 224 valence electrons. The number of benzene rings is 3. The fourth-order valence-corrected chi connectivity index (χ4v) is 6.02. The van der Waals surface area contributed by atoms with Gasteiger partial charge in [-0.15, -0.1) is 0 Å². The number of hydrogen-bond acceptors (Lipinski definition) is 7. The highest BCUT2D eigenvalue weighted by atomic mass is 32.2. The van der Waals surface area contributed by atoms with E-state index in [2.05, 4.69) is 5.32 Å². The van der Waals surface area contributed by atoms with Gasteiger partial charge in [0.25, 0.3) is 5.91 Å². The van der Waals surface area contributed by atoms with Crippen molar-refractivity contribution in [3.05, 3.63) is 96.1 Å². The van der Waals surface area contributed by atoms with Crippen LogP contribution in [0.15, 0.2) is 89.8 Å². The molecule has 3 aromatic rings. The molecule has 1 unspecified atom stereocenters. The Bertz CT molecular complexity index is 1380. The second kappa shape index (κ2) is 15.5. The molecule has 1 saturated heterocycles. The van der Waals surface area contributed by atoms with E-state index in [0.29, 0.717) is 44.9 Å². The second-order valence-electron chi connectivity index (χ2n) is 9.86. The molecule has 1 aliphatic heterocycles. The summed E-state index contributed by atoms with van der Waals surface area (Å²) in [5.74, 6) is -0.396. The highest BCUT2D eigenvalue weighted by Crippen LogP contribution is 2.21. The molecule has 0 aliphatic carbocycles. The average molecular weight is 596 g/mol. The zero-order valence-corrected chi connectivity index (χ0v) is 24.2. The minimum absolute atomic E-state index is 0.0589. The van der Waals surface area contributed by atoms with Gasteiger partial charge in [0.1, 0.15) is 11.8 Å². The largest absolute Gasteiger partial charge is 0.484 e. The van der Waals surface area contributed by atoms with Crippen molar-refractivity contribution in [1.82, 2.24) is 14.5 Å².